The maximum Gasteiger partial charge on any atom is 0.121 e. The van der Waals surface area contributed by atoms with E-state index in [0.29, 0.717) is 18.8 Å². The van der Waals surface area contributed by atoms with Crippen LogP contribution in [0.4, 0.5) is 5.69 Å². The van der Waals surface area contributed by atoms with Crippen molar-refractivity contribution in [2.75, 3.05) is 12.0 Å². The van der Waals surface area contributed by atoms with Gasteiger partial charge in [-0.2, -0.15) is 0 Å². The number of benzene rings is 4. The second kappa shape index (κ2) is 8.50. The fourth-order valence-electron chi connectivity index (χ4n) is 4.19. The number of ether oxygens (including phenoxy) is 1. The summed E-state index contributed by atoms with van der Waals surface area (Å²) < 4.78 is 5.43. The summed E-state index contributed by atoms with van der Waals surface area (Å²) in [5, 5.41) is 13.0. The first-order chi connectivity index (χ1) is 14.6. The lowest BCUT2D eigenvalue weighted by atomic mass is 10.0. The van der Waals surface area contributed by atoms with Crippen LogP contribution in [0.3, 0.4) is 0 Å². The minimum atomic E-state index is 0.329. The fraction of sp³-hybridized carbons (Fsp3) is 0.185. The average molecular weight is 398 g/mol. The van der Waals surface area contributed by atoms with Crippen molar-refractivity contribution in [1.82, 2.24) is 0 Å². The summed E-state index contributed by atoms with van der Waals surface area (Å²) in [6.45, 7) is 5.61. The molecule has 3 heteroatoms. The molecule has 0 aliphatic rings. The van der Waals surface area contributed by atoms with Gasteiger partial charge >= 0.3 is 0 Å². The van der Waals surface area contributed by atoms with E-state index in [1.807, 2.05) is 30.3 Å². The zero-order valence-corrected chi connectivity index (χ0v) is 17.7. The van der Waals surface area contributed by atoms with Gasteiger partial charge in [0.1, 0.15) is 11.5 Å². The number of anilines is 1. The van der Waals surface area contributed by atoms with E-state index in [2.05, 4.69) is 61.2 Å². The first kappa shape index (κ1) is 19.8. The quantitative estimate of drug-likeness (QED) is 0.410. The van der Waals surface area contributed by atoms with Gasteiger partial charge in [0.05, 0.1) is 7.11 Å². The number of hydrogen-bond acceptors (Lipinski definition) is 3. The van der Waals surface area contributed by atoms with Crippen LogP contribution >= 0.6 is 0 Å². The lowest BCUT2D eigenvalue weighted by Crippen LogP contribution is -2.24. The van der Waals surface area contributed by atoms with Crippen molar-refractivity contribution in [3.63, 3.8) is 0 Å². The summed E-state index contributed by atoms with van der Waals surface area (Å²) in [5.74, 6) is 1.18. The molecule has 4 aromatic carbocycles. The molecular formula is C27H27NO2. The summed E-state index contributed by atoms with van der Waals surface area (Å²) in [6.07, 6.45) is 0. The minimum absolute atomic E-state index is 0.329. The van der Waals surface area contributed by atoms with Gasteiger partial charge < -0.3 is 14.7 Å². The fourth-order valence-corrected chi connectivity index (χ4v) is 4.19. The normalized spacial score (nSPS) is 10.9. The van der Waals surface area contributed by atoms with Gasteiger partial charge in [-0.3, -0.25) is 0 Å². The summed E-state index contributed by atoms with van der Waals surface area (Å²) in [4.78, 5) is 2.35. The zero-order valence-electron chi connectivity index (χ0n) is 17.7. The molecule has 0 atom stereocenters. The van der Waals surface area contributed by atoms with Crippen LogP contribution in [0, 0.1) is 13.8 Å². The van der Waals surface area contributed by atoms with Crippen molar-refractivity contribution in [2.45, 2.75) is 26.9 Å². The highest BCUT2D eigenvalue weighted by Gasteiger charge is 2.17. The van der Waals surface area contributed by atoms with E-state index >= 15 is 0 Å². The smallest absolute Gasteiger partial charge is 0.121 e. The van der Waals surface area contributed by atoms with E-state index in [1.54, 1.807) is 13.2 Å². The van der Waals surface area contributed by atoms with E-state index in [1.165, 1.54) is 16.8 Å². The Kier molecular flexibility index (Phi) is 5.62. The van der Waals surface area contributed by atoms with Crippen molar-refractivity contribution in [3.8, 4) is 11.5 Å². The molecule has 1 N–H and O–H groups in total. The van der Waals surface area contributed by atoms with Crippen LogP contribution in [0.1, 0.15) is 22.3 Å². The highest BCUT2D eigenvalue weighted by atomic mass is 16.5. The molecule has 0 aliphatic heterocycles. The topological polar surface area (TPSA) is 32.7 Å². The highest BCUT2D eigenvalue weighted by molar-refractivity contribution is 5.88. The molecule has 4 aromatic rings. The Morgan fingerprint density at radius 1 is 0.800 bits per heavy atom. The first-order valence-electron chi connectivity index (χ1n) is 10.2. The molecule has 0 heterocycles. The Hall–Kier alpha value is -3.46. The summed E-state index contributed by atoms with van der Waals surface area (Å²) >= 11 is 0. The number of phenolic OH excluding ortho intramolecular Hbond substituents is 1. The van der Waals surface area contributed by atoms with Crippen LogP contribution in [0.15, 0.2) is 78.9 Å². The number of hydrogen-bond donors (Lipinski definition) is 1. The largest absolute Gasteiger partial charge is 0.508 e. The van der Waals surface area contributed by atoms with E-state index < -0.39 is 0 Å². The van der Waals surface area contributed by atoms with Gasteiger partial charge in [-0.25, -0.2) is 0 Å². The number of methoxy groups -OCH3 is 1. The van der Waals surface area contributed by atoms with Gasteiger partial charge in [-0.1, -0.05) is 60.7 Å². The molecule has 0 unspecified atom stereocenters. The lowest BCUT2D eigenvalue weighted by molar-refractivity contribution is 0.414. The Morgan fingerprint density at radius 2 is 1.53 bits per heavy atom. The molecule has 152 valence electrons. The molecule has 0 radical (unpaired) electrons. The van der Waals surface area contributed by atoms with Gasteiger partial charge in [0, 0.05) is 24.3 Å². The summed E-state index contributed by atoms with van der Waals surface area (Å²) in [7, 11) is 1.69. The molecule has 0 aliphatic carbocycles. The molecule has 0 fully saturated rings. The van der Waals surface area contributed by atoms with Gasteiger partial charge in [0.2, 0.25) is 0 Å². The maximum atomic E-state index is 10.7. The third-order valence-electron chi connectivity index (χ3n) is 5.63. The number of aromatic hydroxyl groups is 1. The van der Waals surface area contributed by atoms with Crippen LogP contribution in [-0.4, -0.2) is 12.2 Å². The maximum absolute atomic E-state index is 10.7. The molecule has 0 bridgehead atoms. The predicted octanol–water partition coefficient (Wildman–Crippen LogP) is 6.38. The number of fused-ring (bicyclic) bond motifs is 1. The molecule has 4 rings (SSSR count). The van der Waals surface area contributed by atoms with E-state index in [9.17, 15) is 5.11 Å². The van der Waals surface area contributed by atoms with Crippen LogP contribution in [0.5, 0.6) is 11.5 Å². The molecule has 0 saturated heterocycles. The molecule has 30 heavy (non-hydrogen) atoms. The van der Waals surface area contributed by atoms with Gasteiger partial charge in [0.15, 0.2) is 0 Å². The van der Waals surface area contributed by atoms with E-state index in [0.717, 1.165) is 27.6 Å². The third-order valence-corrected chi connectivity index (χ3v) is 5.63. The minimum Gasteiger partial charge on any atom is -0.508 e. The van der Waals surface area contributed by atoms with E-state index in [-0.39, 0.29) is 0 Å². The molecule has 3 nitrogen and oxygen atoms in total. The van der Waals surface area contributed by atoms with Crippen molar-refractivity contribution in [3.05, 3.63) is 101 Å². The van der Waals surface area contributed by atoms with E-state index in [4.69, 9.17) is 4.74 Å². The number of aryl methyl sites for hydroxylation is 2. The molecule has 0 aromatic heterocycles. The van der Waals surface area contributed by atoms with Crippen LogP contribution in [0.2, 0.25) is 0 Å². The van der Waals surface area contributed by atoms with Gasteiger partial charge in [0.25, 0.3) is 0 Å². The second-order valence-electron chi connectivity index (χ2n) is 7.73. The monoisotopic (exact) mass is 397 g/mol. The molecule has 0 amide bonds. The van der Waals surface area contributed by atoms with Crippen LogP contribution in [0.25, 0.3) is 10.8 Å². The average Bonchev–Trinajstić information content (AvgIpc) is 2.75. The Bertz CT molecular complexity index is 1160. The summed E-state index contributed by atoms with van der Waals surface area (Å²) in [6, 6.07) is 26.5. The second-order valence-corrected chi connectivity index (χ2v) is 7.73. The number of nitrogens with zero attached hydrogens (tertiary/aromatic N) is 1. The Morgan fingerprint density at radius 3 is 2.30 bits per heavy atom. The summed E-state index contributed by atoms with van der Waals surface area (Å²) in [5.41, 5.74) is 5.75. The van der Waals surface area contributed by atoms with Crippen LogP contribution in [-0.2, 0) is 13.1 Å². The number of para-hydroxylation sites is 1. The van der Waals surface area contributed by atoms with Crippen molar-refractivity contribution >= 4 is 16.5 Å². The van der Waals surface area contributed by atoms with Crippen LogP contribution < -0.4 is 9.64 Å². The molecule has 0 spiro atoms. The Labute approximate surface area is 178 Å². The highest BCUT2D eigenvalue weighted by Crippen LogP contribution is 2.33. The zero-order chi connectivity index (χ0) is 21.1. The SMILES string of the molecule is COc1cccc(CN(Cc2c(O)ccc3ccccc23)c2c(C)cccc2C)c1. The Balaban J connectivity index is 1.81. The van der Waals surface area contributed by atoms with Gasteiger partial charge in [-0.05, 0) is 59.5 Å². The van der Waals surface area contributed by atoms with Crippen molar-refractivity contribution < 1.29 is 9.84 Å². The van der Waals surface area contributed by atoms with Crippen molar-refractivity contribution in [2.24, 2.45) is 0 Å². The number of rotatable bonds is 6. The lowest BCUT2D eigenvalue weighted by Gasteiger charge is -2.29. The van der Waals surface area contributed by atoms with Crippen molar-refractivity contribution in [1.29, 1.82) is 0 Å². The van der Waals surface area contributed by atoms with Gasteiger partial charge in [-0.15, -0.1) is 0 Å². The molecular weight excluding hydrogens is 370 g/mol. The standard InChI is InChI=1S/C27H27NO2/c1-19-8-6-9-20(2)27(19)28(17-21-10-7-12-23(16-21)30-3)18-25-24-13-5-4-11-22(24)14-15-26(25)29/h4-16,29H,17-18H2,1-3H3. The number of phenols is 1. The predicted molar refractivity (Wildman–Crippen MR) is 124 cm³/mol. The first-order valence-corrected chi connectivity index (χ1v) is 10.2. The molecule has 0 saturated carbocycles. The third kappa shape index (κ3) is 3.97.